The molecule has 0 radical (unpaired) electrons. The maximum atomic E-state index is 11.1. The fraction of sp³-hybridized carbons (Fsp3) is 0.111. The van der Waals surface area contributed by atoms with Crippen molar-refractivity contribution in [3.63, 3.8) is 0 Å². The number of hydrogen-bond donors (Lipinski definition) is 1. The molecule has 0 saturated carbocycles. The fourth-order valence-corrected chi connectivity index (χ4v) is 1.17. The Morgan fingerprint density at radius 3 is 2.81 bits per heavy atom. The molecule has 2 aromatic rings. The summed E-state index contributed by atoms with van der Waals surface area (Å²) in [7, 11) is 0. The molecule has 0 fully saturated rings. The summed E-state index contributed by atoms with van der Waals surface area (Å²) < 4.78 is 6.24. The van der Waals surface area contributed by atoms with E-state index in [0.717, 1.165) is 5.69 Å². The van der Waals surface area contributed by atoms with Gasteiger partial charge in [-0.25, -0.2) is 0 Å². The first-order valence-electron chi connectivity index (χ1n) is 4.46. The average molecular weight is 236 g/mol. The van der Waals surface area contributed by atoms with E-state index in [1.54, 1.807) is 12.1 Å². The van der Waals surface area contributed by atoms with E-state index in [2.05, 4.69) is 28.2 Å². The zero-order valence-electron chi connectivity index (χ0n) is 8.15. The minimum absolute atomic E-state index is 0.0261. The first-order chi connectivity index (χ1) is 7.81. The zero-order chi connectivity index (χ0) is 11.4. The Morgan fingerprint density at radius 1 is 1.38 bits per heavy atom. The lowest BCUT2D eigenvalue weighted by Crippen LogP contribution is -2.13. The number of hydrogen-bond acceptors (Lipinski definition) is 6. The van der Waals surface area contributed by atoms with E-state index in [1.807, 2.05) is 18.2 Å². The molecule has 82 valence electrons. The van der Waals surface area contributed by atoms with E-state index < -0.39 is 5.97 Å². The number of ether oxygens (including phenoxy) is 1. The first-order valence-corrected chi connectivity index (χ1v) is 5.10. The molecule has 0 aliphatic carbocycles. The number of carbonyl (C=O) groups is 1. The van der Waals surface area contributed by atoms with E-state index in [9.17, 15) is 4.79 Å². The number of aromatic nitrogens is 4. The minimum atomic E-state index is -0.504. The standard InChI is InChI=1S/C9H8N4O2S/c14-8(6-16)15-9-10-11-12-13(9)7-4-2-1-3-5-7/h1-5,16H,6H2. The number of esters is 1. The second-order valence-corrected chi connectivity index (χ2v) is 3.16. The molecule has 0 atom stereocenters. The van der Waals surface area contributed by atoms with Gasteiger partial charge in [-0.1, -0.05) is 23.3 Å². The molecule has 0 aliphatic heterocycles. The van der Waals surface area contributed by atoms with Crippen molar-refractivity contribution in [2.75, 3.05) is 5.75 Å². The van der Waals surface area contributed by atoms with Gasteiger partial charge in [-0.3, -0.25) is 4.79 Å². The third kappa shape index (κ3) is 2.19. The summed E-state index contributed by atoms with van der Waals surface area (Å²) in [6, 6.07) is 9.17. The van der Waals surface area contributed by atoms with Crippen LogP contribution in [-0.2, 0) is 4.79 Å². The van der Waals surface area contributed by atoms with Crippen LogP contribution in [0.1, 0.15) is 0 Å². The predicted octanol–water partition coefficient (Wildman–Crippen LogP) is 0.497. The molecule has 0 saturated heterocycles. The van der Waals surface area contributed by atoms with Gasteiger partial charge in [0.05, 0.1) is 11.4 Å². The molecular weight excluding hydrogens is 228 g/mol. The summed E-state index contributed by atoms with van der Waals surface area (Å²) in [6.45, 7) is 0. The molecule has 7 heteroatoms. The van der Waals surface area contributed by atoms with Gasteiger partial charge >= 0.3 is 12.0 Å². The van der Waals surface area contributed by atoms with Gasteiger partial charge in [-0.05, 0) is 22.6 Å². The normalized spacial score (nSPS) is 10.1. The summed E-state index contributed by atoms with van der Waals surface area (Å²) in [5.74, 6) is -0.530. The van der Waals surface area contributed by atoms with E-state index in [0.29, 0.717) is 0 Å². The quantitative estimate of drug-likeness (QED) is 0.620. The number of nitrogens with zero attached hydrogens (tertiary/aromatic N) is 4. The van der Waals surface area contributed by atoms with Gasteiger partial charge in [0.25, 0.3) is 0 Å². The Kier molecular flexibility index (Phi) is 3.16. The Morgan fingerprint density at radius 2 is 2.12 bits per heavy atom. The maximum Gasteiger partial charge on any atom is 0.348 e. The van der Waals surface area contributed by atoms with Crippen LogP contribution in [0.5, 0.6) is 6.01 Å². The van der Waals surface area contributed by atoms with Crippen LogP contribution in [-0.4, -0.2) is 31.9 Å². The highest BCUT2D eigenvalue weighted by atomic mass is 32.1. The van der Waals surface area contributed by atoms with E-state index in [-0.39, 0.29) is 11.8 Å². The van der Waals surface area contributed by atoms with Crippen molar-refractivity contribution >= 4 is 18.6 Å². The lowest BCUT2D eigenvalue weighted by molar-refractivity contribution is -0.132. The third-order valence-electron chi connectivity index (χ3n) is 1.78. The molecule has 1 heterocycles. The number of benzene rings is 1. The van der Waals surface area contributed by atoms with Crippen molar-refractivity contribution in [3.05, 3.63) is 30.3 Å². The SMILES string of the molecule is O=C(CS)Oc1nnnn1-c1ccccc1. The molecular formula is C9H8N4O2S. The second-order valence-electron chi connectivity index (χ2n) is 2.84. The summed E-state index contributed by atoms with van der Waals surface area (Å²) in [4.78, 5) is 11.1. The largest absolute Gasteiger partial charge is 0.389 e. The first kappa shape index (κ1) is 10.6. The van der Waals surface area contributed by atoms with Crippen LogP contribution in [0.25, 0.3) is 5.69 Å². The van der Waals surface area contributed by atoms with Gasteiger partial charge in [-0.15, -0.1) is 0 Å². The van der Waals surface area contributed by atoms with Gasteiger partial charge in [0.1, 0.15) is 0 Å². The zero-order valence-corrected chi connectivity index (χ0v) is 9.04. The number of tetrazole rings is 1. The fourth-order valence-electron chi connectivity index (χ4n) is 1.11. The Labute approximate surface area is 96.6 Å². The van der Waals surface area contributed by atoms with Gasteiger partial charge in [0, 0.05) is 0 Å². The van der Waals surface area contributed by atoms with Gasteiger partial charge < -0.3 is 4.74 Å². The Bertz CT molecular complexity index is 485. The molecule has 2 rings (SSSR count). The summed E-state index contributed by atoms with van der Waals surface area (Å²) in [5.41, 5.74) is 0.717. The van der Waals surface area contributed by atoms with Crippen molar-refractivity contribution in [2.24, 2.45) is 0 Å². The van der Waals surface area contributed by atoms with Crippen molar-refractivity contribution in [2.45, 2.75) is 0 Å². The van der Waals surface area contributed by atoms with E-state index in [1.165, 1.54) is 4.68 Å². The van der Waals surface area contributed by atoms with Gasteiger partial charge in [0.2, 0.25) is 0 Å². The van der Waals surface area contributed by atoms with Crippen LogP contribution in [0.2, 0.25) is 0 Å². The number of thiol groups is 1. The Hall–Kier alpha value is -1.89. The Balaban J connectivity index is 2.29. The topological polar surface area (TPSA) is 69.9 Å². The molecule has 0 amide bonds. The number of rotatable bonds is 3. The van der Waals surface area contributed by atoms with E-state index in [4.69, 9.17) is 4.74 Å². The molecule has 0 unspecified atom stereocenters. The summed E-state index contributed by atoms with van der Waals surface area (Å²) in [5, 5.41) is 10.8. The molecule has 1 aromatic heterocycles. The van der Waals surface area contributed by atoms with Crippen molar-refractivity contribution in [1.82, 2.24) is 20.2 Å². The van der Waals surface area contributed by atoms with Crippen LogP contribution in [0.3, 0.4) is 0 Å². The van der Waals surface area contributed by atoms with Crippen molar-refractivity contribution < 1.29 is 9.53 Å². The molecule has 0 aliphatic rings. The minimum Gasteiger partial charge on any atom is -0.389 e. The highest BCUT2D eigenvalue weighted by molar-refractivity contribution is 7.81. The monoisotopic (exact) mass is 236 g/mol. The molecule has 16 heavy (non-hydrogen) atoms. The average Bonchev–Trinajstić information content (AvgIpc) is 2.78. The molecule has 1 aromatic carbocycles. The summed E-state index contributed by atoms with van der Waals surface area (Å²) in [6.07, 6.45) is 0. The van der Waals surface area contributed by atoms with E-state index >= 15 is 0 Å². The molecule has 6 nitrogen and oxygen atoms in total. The van der Waals surface area contributed by atoms with Crippen LogP contribution >= 0.6 is 12.6 Å². The highest BCUT2D eigenvalue weighted by Gasteiger charge is 2.12. The maximum absolute atomic E-state index is 11.1. The lowest BCUT2D eigenvalue weighted by Gasteiger charge is -2.02. The van der Waals surface area contributed by atoms with Gasteiger partial charge in [0.15, 0.2) is 0 Å². The smallest absolute Gasteiger partial charge is 0.348 e. The van der Waals surface area contributed by atoms with Crippen molar-refractivity contribution in [3.8, 4) is 11.7 Å². The number of carbonyl (C=O) groups excluding carboxylic acids is 1. The summed E-state index contributed by atoms with van der Waals surface area (Å²) >= 11 is 3.80. The third-order valence-corrected chi connectivity index (χ3v) is 2.03. The predicted molar refractivity (Wildman–Crippen MR) is 58.6 cm³/mol. The second kappa shape index (κ2) is 4.75. The van der Waals surface area contributed by atoms with Crippen molar-refractivity contribution in [1.29, 1.82) is 0 Å². The van der Waals surface area contributed by atoms with Gasteiger partial charge in [-0.2, -0.15) is 17.3 Å². The molecule has 0 N–H and O–H groups in total. The molecule has 0 bridgehead atoms. The van der Waals surface area contributed by atoms with Crippen LogP contribution < -0.4 is 4.74 Å². The molecule has 0 spiro atoms. The number of para-hydroxylation sites is 1. The van der Waals surface area contributed by atoms with Crippen LogP contribution in [0, 0.1) is 0 Å². The van der Waals surface area contributed by atoms with Crippen LogP contribution in [0.4, 0.5) is 0 Å². The lowest BCUT2D eigenvalue weighted by atomic mass is 10.3. The highest BCUT2D eigenvalue weighted by Crippen LogP contribution is 2.12. The van der Waals surface area contributed by atoms with Crippen LogP contribution in [0.15, 0.2) is 30.3 Å².